The first-order chi connectivity index (χ1) is 8.28. The van der Waals surface area contributed by atoms with E-state index in [0.717, 1.165) is 11.8 Å². The second kappa shape index (κ2) is 5.92. The second-order valence-electron chi connectivity index (χ2n) is 3.95. The molecular weight excluding hydrogens is 259 g/mol. The van der Waals surface area contributed by atoms with Crippen LogP contribution in [0.5, 0.6) is 0 Å². The molecule has 2 N–H and O–H groups in total. The lowest BCUT2D eigenvalue weighted by Gasteiger charge is -2.07. The Hall–Kier alpha value is -1.47. The number of hydrogen-bond acceptors (Lipinski definition) is 3. The summed E-state index contributed by atoms with van der Waals surface area (Å²) in [5, 5.41) is 2.39. The largest absolute Gasteiger partial charge is 0.324 e. The third-order valence-electron chi connectivity index (χ3n) is 2.11. The number of aryl methyl sites for hydroxylation is 1. The van der Waals surface area contributed by atoms with Gasteiger partial charge in [-0.3, -0.25) is 4.79 Å². The number of nitrogens with one attached hydrogen (secondary N) is 2. The number of amides is 1. The molecule has 1 aromatic rings. The maximum atomic E-state index is 13.3. The van der Waals surface area contributed by atoms with Crippen LogP contribution in [-0.4, -0.2) is 27.1 Å². The van der Waals surface area contributed by atoms with Gasteiger partial charge >= 0.3 is 0 Å². The number of hydrogen-bond donors (Lipinski definition) is 2. The van der Waals surface area contributed by atoms with Crippen molar-refractivity contribution in [2.75, 3.05) is 18.1 Å². The maximum absolute atomic E-state index is 13.3. The molecule has 1 rings (SSSR count). The number of carbonyl (C=O) groups excluding carboxylic acids is 1. The van der Waals surface area contributed by atoms with Gasteiger partial charge in [-0.1, -0.05) is 6.07 Å². The highest BCUT2D eigenvalue weighted by molar-refractivity contribution is 7.88. The molecule has 0 atom stereocenters. The third kappa shape index (κ3) is 5.24. The molecule has 1 aromatic carbocycles. The van der Waals surface area contributed by atoms with Crippen molar-refractivity contribution < 1.29 is 17.6 Å². The van der Waals surface area contributed by atoms with Gasteiger partial charge in [0, 0.05) is 13.0 Å². The Kier molecular flexibility index (Phi) is 4.80. The Balaban J connectivity index is 2.52. The maximum Gasteiger partial charge on any atom is 0.225 e. The molecule has 0 saturated heterocycles. The van der Waals surface area contributed by atoms with Crippen molar-refractivity contribution in [3.63, 3.8) is 0 Å². The predicted octanol–water partition coefficient (Wildman–Crippen LogP) is 1.01. The molecule has 100 valence electrons. The van der Waals surface area contributed by atoms with Crippen LogP contribution in [0.3, 0.4) is 0 Å². The van der Waals surface area contributed by atoms with Gasteiger partial charge in [0.15, 0.2) is 0 Å². The number of anilines is 1. The fraction of sp³-hybridized carbons (Fsp3) is 0.364. The van der Waals surface area contributed by atoms with E-state index in [0.29, 0.717) is 0 Å². The molecule has 0 saturated carbocycles. The zero-order valence-corrected chi connectivity index (χ0v) is 11.0. The molecule has 5 nitrogen and oxygen atoms in total. The van der Waals surface area contributed by atoms with E-state index in [1.807, 2.05) is 0 Å². The van der Waals surface area contributed by atoms with E-state index in [4.69, 9.17) is 0 Å². The van der Waals surface area contributed by atoms with Crippen molar-refractivity contribution >= 4 is 21.6 Å². The van der Waals surface area contributed by atoms with E-state index < -0.39 is 21.7 Å². The SMILES string of the molecule is Cc1ccc(F)c(NC(=O)CCNS(C)(=O)=O)c1. The van der Waals surface area contributed by atoms with Gasteiger partial charge in [-0.2, -0.15) is 0 Å². The van der Waals surface area contributed by atoms with Gasteiger partial charge in [0.1, 0.15) is 5.82 Å². The van der Waals surface area contributed by atoms with Crippen LogP contribution in [-0.2, 0) is 14.8 Å². The molecule has 0 bridgehead atoms. The lowest BCUT2D eigenvalue weighted by molar-refractivity contribution is -0.116. The molecule has 0 heterocycles. The Morgan fingerprint density at radius 1 is 1.39 bits per heavy atom. The Morgan fingerprint density at radius 2 is 2.06 bits per heavy atom. The number of rotatable bonds is 5. The molecule has 7 heteroatoms. The summed E-state index contributed by atoms with van der Waals surface area (Å²) >= 11 is 0. The van der Waals surface area contributed by atoms with Crippen molar-refractivity contribution in [3.8, 4) is 0 Å². The summed E-state index contributed by atoms with van der Waals surface area (Å²) in [6.07, 6.45) is 0.950. The second-order valence-corrected chi connectivity index (χ2v) is 5.78. The lowest BCUT2D eigenvalue weighted by atomic mass is 10.2. The van der Waals surface area contributed by atoms with Crippen LogP contribution in [0.4, 0.5) is 10.1 Å². The van der Waals surface area contributed by atoms with Crippen molar-refractivity contribution in [2.24, 2.45) is 0 Å². The van der Waals surface area contributed by atoms with E-state index in [1.165, 1.54) is 12.1 Å². The van der Waals surface area contributed by atoms with E-state index in [9.17, 15) is 17.6 Å². The Bertz CT molecular complexity index is 543. The number of halogens is 1. The van der Waals surface area contributed by atoms with Gasteiger partial charge < -0.3 is 5.32 Å². The van der Waals surface area contributed by atoms with Gasteiger partial charge in [-0.25, -0.2) is 17.5 Å². The van der Waals surface area contributed by atoms with E-state index in [1.54, 1.807) is 13.0 Å². The highest BCUT2D eigenvalue weighted by atomic mass is 32.2. The van der Waals surface area contributed by atoms with Gasteiger partial charge in [-0.15, -0.1) is 0 Å². The molecule has 0 fully saturated rings. The monoisotopic (exact) mass is 274 g/mol. The van der Waals surface area contributed by atoms with Gasteiger partial charge in [0.25, 0.3) is 0 Å². The van der Waals surface area contributed by atoms with Gasteiger partial charge in [-0.05, 0) is 24.6 Å². The topological polar surface area (TPSA) is 75.3 Å². The molecule has 1 amide bonds. The van der Waals surface area contributed by atoms with Crippen molar-refractivity contribution in [1.29, 1.82) is 0 Å². The minimum absolute atomic E-state index is 0.0158. The number of benzene rings is 1. The summed E-state index contributed by atoms with van der Waals surface area (Å²) in [6.45, 7) is 1.76. The molecule has 0 aliphatic heterocycles. The predicted molar refractivity (Wildman–Crippen MR) is 67.2 cm³/mol. The Morgan fingerprint density at radius 3 is 2.67 bits per heavy atom. The smallest absolute Gasteiger partial charge is 0.225 e. The fourth-order valence-electron chi connectivity index (χ4n) is 1.30. The highest BCUT2D eigenvalue weighted by Crippen LogP contribution is 2.15. The van der Waals surface area contributed by atoms with Crippen LogP contribution in [0.25, 0.3) is 0 Å². The van der Waals surface area contributed by atoms with Crippen LogP contribution < -0.4 is 10.0 Å². The van der Waals surface area contributed by atoms with Crippen LogP contribution >= 0.6 is 0 Å². The summed E-state index contributed by atoms with van der Waals surface area (Å²) in [7, 11) is -3.31. The first-order valence-corrected chi connectivity index (χ1v) is 7.18. The summed E-state index contributed by atoms with van der Waals surface area (Å²) in [5.74, 6) is -0.972. The van der Waals surface area contributed by atoms with Gasteiger partial charge in [0.05, 0.1) is 11.9 Å². The molecule has 0 spiro atoms. The minimum atomic E-state index is -3.31. The third-order valence-corrected chi connectivity index (χ3v) is 2.84. The zero-order valence-electron chi connectivity index (χ0n) is 10.2. The summed E-state index contributed by atoms with van der Waals surface area (Å²) < 4.78 is 37.0. The standard InChI is InChI=1S/C11H15FN2O3S/c1-8-3-4-9(12)10(7-8)14-11(15)5-6-13-18(2,16)17/h3-4,7,13H,5-6H2,1-2H3,(H,14,15). The first kappa shape index (κ1) is 14.6. The van der Waals surface area contributed by atoms with Crippen molar-refractivity contribution in [3.05, 3.63) is 29.6 Å². The van der Waals surface area contributed by atoms with Crippen LogP contribution in [0.2, 0.25) is 0 Å². The minimum Gasteiger partial charge on any atom is -0.324 e. The van der Waals surface area contributed by atoms with Crippen LogP contribution in [0.15, 0.2) is 18.2 Å². The average Bonchev–Trinajstić information content (AvgIpc) is 2.21. The van der Waals surface area contributed by atoms with Crippen LogP contribution in [0.1, 0.15) is 12.0 Å². The van der Waals surface area contributed by atoms with Crippen molar-refractivity contribution in [1.82, 2.24) is 4.72 Å². The average molecular weight is 274 g/mol. The molecule has 18 heavy (non-hydrogen) atoms. The molecule has 0 unspecified atom stereocenters. The molecule has 0 aliphatic rings. The summed E-state index contributed by atoms with van der Waals surface area (Å²) in [6, 6.07) is 4.37. The normalized spacial score (nSPS) is 11.3. The van der Waals surface area contributed by atoms with Crippen molar-refractivity contribution in [2.45, 2.75) is 13.3 Å². The Labute approximate surface area is 105 Å². The molecule has 0 aliphatic carbocycles. The molecular formula is C11H15FN2O3S. The lowest BCUT2D eigenvalue weighted by Crippen LogP contribution is -2.26. The molecule has 0 radical (unpaired) electrons. The van der Waals surface area contributed by atoms with Gasteiger partial charge in [0.2, 0.25) is 15.9 Å². The number of sulfonamides is 1. The van der Waals surface area contributed by atoms with E-state index in [2.05, 4.69) is 10.0 Å². The quantitative estimate of drug-likeness (QED) is 0.841. The summed E-state index contributed by atoms with van der Waals surface area (Å²) in [5.41, 5.74) is 0.917. The van der Waals surface area contributed by atoms with E-state index in [-0.39, 0.29) is 18.7 Å². The van der Waals surface area contributed by atoms with E-state index >= 15 is 0 Å². The number of carbonyl (C=O) groups is 1. The van der Waals surface area contributed by atoms with Crippen LogP contribution in [0, 0.1) is 12.7 Å². The summed E-state index contributed by atoms with van der Waals surface area (Å²) in [4.78, 5) is 11.4. The molecule has 0 aromatic heterocycles. The fourth-order valence-corrected chi connectivity index (χ4v) is 1.77. The highest BCUT2D eigenvalue weighted by Gasteiger charge is 2.08. The zero-order chi connectivity index (χ0) is 13.8. The first-order valence-electron chi connectivity index (χ1n) is 5.28.